The fourth-order valence-corrected chi connectivity index (χ4v) is 0.577. The van der Waals surface area contributed by atoms with Gasteiger partial charge in [-0.05, 0) is 0 Å². The van der Waals surface area contributed by atoms with Gasteiger partial charge >= 0.3 is 11.5 Å². The lowest BCUT2D eigenvalue weighted by molar-refractivity contribution is -0.589. The molecule has 0 aliphatic carbocycles. The molecular weight excluding hydrogens is 208 g/mol. The quantitative estimate of drug-likeness (QED) is 0.367. The van der Waals surface area contributed by atoms with Crippen molar-refractivity contribution in [3.63, 3.8) is 0 Å². The molecule has 0 aromatic carbocycles. The summed E-state index contributed by atoms with van der Waals surface area (Å²) in [5.41, 5.74) is -1.23. The van der Waals surface area contributed by atoms with Crippen LogP contribution in [0.2, 0.25) is 0 Å². The Morgan fingerprint density at radius 3 is 2.31 bits per heavy atom. The predicted octanol–water partition coefficient (Wildman–Crippen LogP) is 0.284. The summed E-state index contributed by atoms with van der Waals surface area (Å²) in [4.78, 5) is 28.2. The van der Waals surface area contributed by atoms with Crippen molar-refractivity contribution in [1.29, 1.82) is 0 Å². The molecule has 0 aromatic heterocycles. The summed E-state index contributed by atoms with van der Waals surface area (Å²) < 4.78 is 4.05. The van der Waals surface area contributed by atoms with Gasteiger partial charge in [-0.3, -0.25) is 20.2 Å². The lowest BCUT2D eigenvalue weighted by atomic mass is 10.3. The van der Waals surface area contributed by atoms with Gasteiger partial charge in [-0.25, -0.2) is 4.79 Å². The number of hydrogen-bond donors (Lipinski definition) is 0. The highest BCUT2D eigenvalue weighted by Crippen LogP contribution is 1.95. The molecule has 0 heterocycles. The highest BCUT2D eigenvalue weighted by Gasteiger charge is 2.28. The highest BCUT2D eigenvalue weighted by atomic mass is 35.5. The fraction of sp³-hybridized carbons (Fsp3) is 0.750. The van der Waals surface area contributed by atoms with Crippen LogP contribution in [-0.2, 0) is 4.74 Å². The van der Waals surface area contributed by atoms with Crippen molar-refractivity contribution >= 4 is 17.0 Å². The molecule has 1 unspecified atom stereocenters. The van der Waals surface area contributed by atoms with E-state index in [2.05, 4.69) is 4.74 Å². The molecule has 9 heteroatoms. The van der Waals surface area contributed by atoms with Crippen LogP contribution in [0.3, 0.4) is 0 Å². The number of rotatable bonds is 5. The summed E-state index contributed by atoms with van der Waals surface area (Å²) in [6, 6.07) is -1.56. The van der Waals surface area contributed by atoms with E-state index < -0.39 is 34.5 Å². The van der Waals surface area contributed by atoms with Gasteiger partial charge in [-0.2, -0.15) is 0 Å². The number of carbonyl (C=O) groups excluding carboxylic acids is 1. The van der Waals surface area contributed by atoms with Gasteiger partial charge in [-0.15, -0.1) is 0 Å². The molecule has 0 aliphatic rings. The molecule has 0 saturated heterocycles. The van der Waals surface area contributed by atoms with Gasteiger partial charge in [-0.1, -0.05) is 0 Å². The van der Waals surface area contributed by atoms with Crippen LogP contribution < -0.4 is 0 Å². The Kier molecular flexibility index (Phi) is 4.67. The monoisotopic (exact) mass is 212 g/mol. The molecule has 13 heavy (non-hydrogen) atoms. The second kappa shape index (κ2) is 5.25. The summed E-state index contributed by atoms with van der Waals surface area (Å²) in [5.74, 6) is 0. The maximum atomic E-state index is 10.1. The minimum Gasteiger partial charge on any atom is -0.446 e. The molecule has 0 bridgehead atoms. The van der Waals surface area contributed by atoms with Gasteiger partial charge in [0.15, 0.2) is 6.61 Å². The predicted molar refractivity (Wildman–Crippen MR) is 39.8 cm³/mol. The Morgan fingerprint density at radius 2 is 2.00 bits per heavy atom. The third kappa shape index (κ3) is 5.79. The number of ether oxygens (including phenoxy) is 1. The van der Waals surface area contributed by atoms with Crippen molar-refractivity contribution in [2.24, 2.45) is 0 Å². The first-order valence-electron chi connectivity index (χ1n) is 3.01. The molecule has 0 fully saturated rings. The molecule has 0 saturated carbocycles. The van der Waals surface area contributed by atoms with E-state index in [9.17, 15) is 25.0 Å². The topological polar surface area (TPSA) is 113 Å². The van der Waals surface area contributed by atoms with Crippen LogP contribution in [0.25, 0.3) is 0 Å². The second-order valence-electron chi connectivity index (χ2n) is 2.00. The maximum absolute atomic E-state index is 10.1. The number of hydrogen-bond acceptors (Lipinski definition) is 6. The average molecular weight is 213 g/mol. The molecule has 1 atom stereocenters. The number of nitrogens with zero attached hydrogens (tertiary/aromatic N) is 2. The molecule has 0 spiro atoms. The van der Waals surface area contributed by atoms with E-state index in [0.717, 1.165) is 0 Å². The van der Waals surface area contributed by atoms with Crippen LogP contribution in [-0.4, -0.2) is 34.5 Å². The van der Waals surface area contributed by atoms with Gasteiger partial charge < -0.3 is 4.74 Å². The Hall–Kier alpha value is -1.44. The van der Waals surface area contributed by atoms with Crippen molar-refractivity contribution in [2.75, 3.05) is 13.2 Å². The Labute approximate surface area is 76.7 Å². The second-order valence-corrected chi connectivity index (χ2v) is 2.31. The van der Waals surface area contributed by atoms with Gasteiger partial charge in [0.25, 0.3) is 6.54 Å². The van der Waals surface area contributed by atoms with Crippen LogP contribution in [0.15, 0.2) is 0 Å². The van der Waals surface area contributed by atoms with Gasteiger partial charge in [0.05, 0.1) is 0 Å². The molecule has 0 N–H and O–H groups in total. The van der Waals surface area contributed by atoms with Crippen LogP contribution in [0, 0.1) is 20.2 Å². The van der Waals surface area contributed by atoms with E-state index in [1.54, 1.807) is 0 Å². The average Bonchev–Trinajstić information content (AvgIpc) is 1.96. The number of nitro groups is 2. The normalized spacial score (nSPS) is 11.8. The standard InChI is InChI=1S/C4H5ClN2O6/c5-4(8)13-2-3(7(11)12)1-6(9)10/h3H,1-2H2. The first kappa shape index (κ1) is 11.6. The third-order valence-corrected chi connectivity index (χ3v) is 1.16. The zero-order valence-electron chi connectivity index (χ0n) is 6.21. The van der Waals surface area contributed by atoms with Crippen LogP contribution in [0.1, 0.15) is 0 Å². The third-order valence-electron chi connectivity index (χ3n) is 1.05. The largest absolute Gasteiger partial charge is 0.446 e. The van der Waals surface area contributed by atoms with E-state index >= 15 is 0 Å². The van der Waals surface area contributed by atoms with Crippen molar-refractivity contribution in [1.82, 2.24) is 0 Å². The van der Waals surface area contributed by atoms with Crippen molar-refractivity contribution in [2.45, 2.75) is 6.04 Å². The highest BCUT2D eigenvalue weighted by molar-refractivity contribution is 6.61. The first-order chi connectivity index (χ1) is 5.93. The van der Waals surface area contributed by atoms with Crippen molar-refractivity contribution in [3.05, 3.63) is 20.2 Å². The van der Waals surface area contributed by atoms with Crippen molar-refractivity contribution < 1.29 is 19.4 Å². The molecule has 0 rings (SSSR count). The van der Waals surface area contributed by atoms with E-state index in [1.807, 2.05) is 0 Å². The zero-order chi connectivity index (χ0) is 10.4. The first-order valence-corrected chi connectivity index (χ1v) is 3.39. The number of halogens is 1. The molecule has 8 nitrogen and oxygen atoms in total. The summed E-state index contributed by atoms with van der Waals surface area (Å²) in [6.07, 6.45) is 0. The minimum absolute atomic E-state index is 0.698. The Morgan fingerprint density at radius 1 is 1.46 bits per heavy atom. The summed E-state index contributed by atoms with van der Waals surface area (Å²) in [6.45, 7) is -1.60. The smallest absolute Gasteiger partial charge is 0.404 e. The lowest BCUT2D eigenvalue weighted by Gasteiger charge is -2.03. The fourth-order valence-electron chi connectivity index (χ4n) is 0.514. The SMILES string of the molecule is O=C(Cl)OCC(C[N+](=O)[O-])[N+](=O)[O-]. The Bertz CT molecular complexity index is 231. The van der Waals surface area contributed by atoms with Gasteiger partial charge in [0.1, 0.15) is 0 Å². The van der Waals surface area contributed by atoms with E-state index in [0.29, 0.717) is 0 Å². The molecule has 0 amide bonds. The van der Waals surface area contributed by atoms with Crippen LogP contribution in [0.4, 0.5) is 4.79 Å². The summed E-state index contributed by atoms with van der Waals surface area (Å²) in [7, 11) is 0. The van der Waals surface area contributed by atoms with Gasteiger partial charge in [0, 0.05) is 21.4 Å². The zero-order valence-corrected chi connectivity index (χ0v) is 6.97. The van der Waals surface area contributed by atoms with E-state index in [1.165, 1.54) is 0 Å². The van der Waals surface area contributed by atoms with E-state index in [4.69, 9.17) is 11.6 Å². The minimum atomic E-state index is -1.56. The van der Waals surface area contributed by atoms with Gasteiger partial charge in [0.2, 0.25) is 0 Å². The summed E-state index contributed by atoms with van der Waals surface area (Å²) >= 11 is 4.71. The molecule has 0 aliphatic heterocycles. The van der Waals surface area contributed by atoms with Crippen LogP contribution in [0.5, 0.6) is 0 Å². The number of carbonyl (C=O) groups is 1. The van der Waals surface area contributed by atoms with E-state index in [-0.39, 0.29) is 0 Å². The Balaban J connectivity index is 4.02. The lowest BCUT2D eigenvalue weighted by Crippen LogP contribution is -2.33. The molecule has 0 aromatic rings. The molecular formula is C4H5ClN2O6. The summed E-state index contributed by atoms with van der Waals surface area (Å²) in [5, 5.41) is 20.0. The molecule has 0 radical (unpaired) electrons. The maximum Gasteiger partial charge on any atom is 0.404 e. The molecule has 74 valence electrons. The van der Waals surface area contributed by atoms with Crippen LogP contribution >= 0.6 is 11.6 Å². The van der Waals surface area contributed by atoms with Crippen molar-refractivity contribution in [3.8, 4) is 0 Å².